The van der Waals surface area contributed by atoms with E-state index in [9.17, 15) is 9.59 Å². The number of ether oxygens (including phenoxy) is 2. The van der Waals surface area contributed by atoms with Gasteiger partial charge in [-0.15, -0.1) is 21.5 Å². The SMILES string of the molecule is Cc1ccc(OCc2nc(CC(=O)OCc3nnc4n(C)c(=O)c5ccccc5n34)cs2)cc1. The number of aromatic nitrogens is 5. The molecule has 0 fully saturated rings. The van der Waals surface area contributed by atoms with E-state index in [2.05, 4.69) is 15.2 Å². The lowest BCUT2D eigenvalue weighted by molar-refractivity contribution is -0.144. The fraction of sp³-hybridized carbons (Fsp3) is 0.208. The molecule has 2 aromatic carbocycles. The first-order chi connectivity index (χ1) is 16.5. The van der Waals surface area contributed by atoms with Crippen molar-refractivity contribution in [3.63, 3.8) is 0 Å². The summed E-state index contributed by atoms with van der Waals surface area (Å²) in [5.41, 5.74) is 2.29. The molecule has 0 bridgehead atoms. The summed E-state index contributed by atoms with van der Waals surface area (Å²) in [5, 5.41) is 11.4. The van der Waals surface area contributed by atoms with Crippen LogP contribution >= 0.6 is 11.3 Å². The molecule has 0 saturated heterocycles. The molecule has 0 aliphatic heterocycles. The molecule has 9 nitrogen and oxygen atoms in total. The second-order valence-electron chi connectivity index (χ2n) is 7.80. The summed E-state index contributed by atoms with van der Waals surface area (Å²) >= 11 is 1.43. The molecule has 0 N–H and O–H groups in total. The molecule has 0 spiro atoms. The van der Waals surface area contributed by atoms with E-state index in [0.29, 0.717) is 34.8 Å². The van der Waals surface area contributed by atoms with Crippen molar-refractivity contribution in [2.45, 2.75) is 26.6 Å². The molecule has 0 unspecified atom stereocenters. The normalized spacial score (nSPS) is 11.2. The topological polar surface area (TPSA) is 101 Å². The first-order valence-corrected chi connectivity index (χ1v) is 11.5. The van der Waals surface area contributed by atoms with Gasteiger partial charge in [0.2, 0.25) is 5.78 Å². The van der Waals surface area contributed by atoms with Gasteiger partial charge in [0, 0.05) is 12.4 Å². The first-order valence-electron chi connectivity index (χ1n) is 10.6. The van der Waals surface area contributed by atoms with E-state index in [1.54, 1.807) is 23.6 Å². The van der Waals surface area contributed by atoms with Gasteiger partial charge in [-0.3, -0.25) is 18.6 Å². The average molecular weight is 476 g/mol. The van der Waals surface area contributed by atoms with Gasteiger partial charge in [-0.25, -0.2) is 4.98 Å². The summed E-state index contributed by atoms with van der Waals surface area (Å²) in [7, 11) is 1.64. The molecule has 172 valence electrons. The highest BCUT2D eigenvalue weighted by atomic mass is 32.1. The molecule has 0 saturated carbocycles. The maximum absolute atomic E-state index is 12.5. The minimum absolute atomic E-state index is 0.0387. The number of nitrogens with zero attached hydrogens (tertiary/aromatic N) is 5. The molecule has 5 rings (SSSR count). The Balaban J connectivity index is 1.24. The Hall–Kier alpha value is -4.05. The van der Waals surface area contributed by atoms with E-state index in [1.807, 2.05) is 48.7 Å². The Bertz CT molecular complexity index is 1550. The number of esters is 1. The number of hydrogen-bond acceptors (Lipinski definition) is 8. The number of hydrogen-bond donors (Lipinski definition) is 0. The van der Waals surface area contributed by atoms with Gasteiger partial charge in [-0.2, -0.15) is 0 Å². The number of carbonyl (C=O) groups excluding carboxylic acids is 1. The van der Waals surface area contributed by atoms with Crippen LogP contribution in [0.2, 0.25) is 0 Å². The molecule has 0 aliphatic carbocycles. The number of carbonyl (C=O) groups is 1. The summed E-state index contributed by atoms with van der Waals surface area (Å²) in [5.74, 6) is 1.16. The summed E-state index contributed by atoms with van der Waals surface area (Å²) < 4.78 is 14.4. The number of benzene rings is 2. The van der Waals surface area contributed by atoms with Crippen molar-refractivity contribution in [3.05, 3.63) is 86.4 Å². The molecule has 3 aromatic heterocycles. The summed E-state index contributed by atoms with van der Waals surface area (Å²) in [6.07, 6.45) is 0.0387. The van der Waals surface area contributed by atoms with Crippen LogP contribution < -0.4 is 10.3 Å². The van der Waals surface area contributed by atoms with Gasteiger partial charge in [0.05, 0.1) is 23.0 Å². The monoisotopic (exact) mass is 475 g/mol. The quantitative estimate of drug-likeness (QED) is 0.333. The van der Waals surface area contributed by atoms with Crippen molar-refractivity contribution in [1.82, 2.24) is 24.1 Å². The van der Waals surface area contributed by atoms with E-state index in [4.69, 9.17) is 9.47 Å². The Labute approximate surface area is 198 Å². The highest BCUT2D eigenvalue weighted by Crippen LogP contribution is 2.17. The summed E-state index contributed by atoms with van der Waals surface area (Å²) in [6.45, 7) is 2.28. The van der Waals surface area contributed by atoms with Crippen LogP contribution in [-0.2, 0) is 36.2 Å². The number of fused-ring (bicyclic) bond motifs is 3. The molecule has 0 amide bonds. The van der Waals surface area contributed by atoms with Crippen molar-refractivity contribution >= 4 is 34.0 Å². The predicted molar refractivity (Wildman–Crippen MR) is 127 cm³/mol. The third-order valence-electron chi connectivity index (χ3n) is 5.36. The minimum atomic E-state index is -0.429. The van der Waals surface area contributed by atoms with Crippen LogP contribution in [0.1, 0.15) is 22.1 Å². The lowest BCUT2D eigenvalue weighted by Crippen LogP contribution is -2.20. The molecule has 0 radical (unpaired) electrons. The lowest BCUT2D eigenvalue weighted by Gasteiger charge is -2.08. The lowest BCUT2D eigenvalue weighted by atomic mass is 10.2. The number of thiazole rings is 1. The van der Waals surface area contributed by atoms with Crippen LogP contribution in [0.15, 0.2) is 58.7 Å². The Morgan fingerprint density at radius 3 is 2.68 bits per heavy atom. The van der Waals surface area contributed by atoms with Crippen molar-refractivity contribution in [1.29, 1.82) is 0 Å². The number of para-hydroxylation sites is 1. The molecule has 10 heteroatoms. The highest BCUT2D eigenvalue weighted by molar-refractivity contribution is 7.09. The molecule has 5 aromatic rings. The van der Waals surface area contributed by atoms with E-state index in [1.165, 1.54) is 21.5 Å². The predicted octanol–water partition coefficient (Wildman–Crippen LogP) is 3.21. The molecular weight excluding hydrogens is 454 g/mol. The molecule has 34 heavy (non-hydrogen) atoms. The second kappa shape index (κ2) is 9.06. The third-order valence-corrected chi connectivity index (χ3v) is 6.23. The zero-order chi connectivity index (χ0) is 23.7. The van der Waals surface area contributed by atoms with Gasteiger partial charge in [-0.1, -0.05) is 29.8 Å². The van der Waals surface area contributed by atoms with Crippen molar-refractivity contribution in [2.24, 2.45) is 7.05 Å². The van der Waals surface area contributed by atoms with Crippen LogP contribution in [0, 0.1) is 6.92 Å². The maximum Gasteiger partial charge on any atom is 0.312 e. The van der Waals surface area contributed by atoms with Crippen molar-refractivity contribution in [2.75, 3.05) is 0 Å². The van der Waals surface area contributed by atoms with Gasteiger partial charge in [0.1, 0.15) is 17.4 Å². The van der Waals surface area contributed by atoms with E-state index in [0.717, 1.165) is 10.8 Å². The third kappa shape index (κ3) is 4.27. The smallest absolute Gasteiger partial charge is 0.312 e. The molecular formula is C24H21N5O4S. The molecule has 0 aliphatic rings. The van der Waals surface area contributed by atoms with Crippen LogP contribution in [0.4, 0.5) is 0 Å². The van der Waals surface area contributed by atoms with Crippen LogP contribution in [-0.4, -0.2) is 30.1 Å². The number of aryl methyl sites for hydroxylation is 2. The second-order valence-corrected chi connectivity index (χ2v) is 8.75. The van der Waals surface area contributed by atoms with Crippen LogP contribution in [0.25, 0.3) is 16.7 Å². The molecule has 3 heterocycles. The highest BCUT2D eigenvalue weighted by Gasteiger charge is 2.16. The largest absolute Gasteiger partial charge is 0.486 e. The van der Waals surface area contributed by atoms with Crippen molar-refractivity contribution < 1.29 is 14.3 Å². The summed E-state index contributed by atoms with van der Waals surface area (Å²) in [4.78, 5) is 29.5. The van der Waals surface area contributed by atoms with Gasteiger partial charge in [-0.05, 0) is 31.2 Å². The van der Waals surface area contributed by atoms with E-state index >= 15 is 0 Å². The number of rotatable bonds is 7. The fourth-order valence-corrected chi connectivity index (χ4v) is 4.31. The van der Waals surface area contributed by atoms with Gasteiger partial charge in [0.25, 0.3) is 5.56 Å². The van der Waals surface area contributed by atoms with Crippen molar-refractivity contribution in [3.8, 4) is 5.75 Å². The molecule has 0 atom stereocenters. The Kier molecular flexibility index (Phi) is 5.81. The first kappa shape index (κ1) is 21.8. The van der Waals surface area contributed by atoms with Gasteiger partial charge >= 0.3 is 5.97 Å². The average Bonchev–Trinajstić information content (AvgIpc) is 3.48. The Morgan fingerprint density at radius 2 is 1.85 bits per heavy atom. The van der Waals surface area contributed by atoms with Crippen LogP contribution in [0.3, 0.4) is 0 Å². The van der Waals surface area contributed by atoms with Crippen LogP contribution in [0.5, 0.6) is 5.75 Å². The standard InChI is InChI=1S/C24H21N5O4S/c1-15-7-9-17(10-8-15)32-13-21-25-16(14-34-21)11-22(30)33-12-20-26-27-24-28(2)23(31)18-5-3-4-6-19(18)29(20)24/h3-10,14H,11-13H2,1-2H3. The summed E-state index contributed by atoms with van der Waals surface area (Å²) in [6, 6.07) is 15.0. The zero-order valence-corrected chi connectivity index (χ0v) is 19.4. The fourth-order valence-electron chi connectivity index (χ4n) is 3.61. The van der Waals surface area contributed by atoms with Gasteiger partial charge < -0.3 is 9.47 Å². The van der Waals surface area contributed by atoms with E-state index < -0.39 is 5.97 Å². The zero-order valence-electron chi connectivity index (χ0n) is 18.6. The minimum Gasteiger partial charge on any atom is -0.486 e. The van der Waals surface area contributed by atoms with Gasteiger partial charge in [0.15, 0.2) is 12.4 Å². The van der Waals surface area contributed by atoms with E-state index in [-0.39, 0.29) is 18.6 Å². The maximum atomic E-state index is 12.5. The Morgan fingerprint density at radius 1 is 1.06 bits per heavy atom.